The summed E-state index contributed by atoms with van der Waals surface area (Å²) in [4.78, 5) is 3.92. The minimum absolute atomic E-state index is 0.00252. The Hall–Kier alpha value is -2.85. The lowest BCUT2D eigenvalue weighted by atomic mass is 10.2. The second-order valence-corrected chi connectivity index (χ2v) is 6.66. The number of ether oxygens (including phenoxy) is 1. The predicted octanol–water partition coefficient (Wildman–Crippen LogP) is 1.06. The lowest BCUT2D eigenvalue weighted by molar-refractivity contribution is 0.417. The largest absolute Gasteiger partial charge is 0.494 e. The van der Waals surface area contributed by atoms with Crippen LogP contribution < -0.4 is 20.7 Å². The van der Waals surface area contributed by atoms with Crippen molar-refractivity contribution in [2.24, 2.45) is 12.9 Å². The number of hydrazine groups is 1. The number of hydrogen-bond donors (Lipinski definition) is 3. The smallest absolute Gasteiger partial charge is 0.263 e. The molecule has 10 heteroatoms. The van der Waals surface area contributed by atoms with Crippen LogP contribution in [0.15, 0.2) is 41.6 Å². The molecule has 2 aromatic heterocycles. The molecule has 0 saturated carbocycles. The molecule has 0 aliphatic carbocycles. The molecule has 0 aliphatic rings. The van der Waals surface area contributed by atoms with Gasteiger partial charge in [-0.15, -0.1) is 0 Å². The van der Waals surface area contributed by atoms with Crippen LogP contribution in [0.2, 0.25) is 0 Å². The maximum Gasteiger partial charge on any atom is 0.263 e. The SMILES string of the molecule is COc1ccc2cnn(C)c2c1NS(=O)(=O)c1ccc(NN)nc1. The van der Waals surface area contributed by atoms with Gasteiger partial charge in [-0.25, -0.2) is 19.2 Å². The molecule has 0 amide bonds. The van der Waals surface area contributed by atoms with Crippen LogP contribution in [-0.2, 0) is 17.1 Å². The fourth-order valence-corrected chi connectivity index (χ4v) is 3.36. The number of methoxy groups -OCH3 is 1. The number of nitrogen functional groups attached to an aromatic ring is 1. The fourth-order valence-electron chi connectivity index (χ4n) is 2.33. The van der Waals surface area contributed by atoms with E-state index in [-0.39, 0.29) is 4.90 Å². The van der Waals surface area contributed by atoms with E-state index in [0.717, 1.165) is 5.39 Å². The Kier molecular flexibility index (Phi) is 3.99. The van der Waals surface area contributed by atoms with Crippen molar-refractivity contribution in [3.05, 3.63) is 36.7 Å². The highest BCUT2D eigenvalue weighted by Gasteiger charge is 2.20. The first-order valence-corrected chi connectivity index (χ1v) is 8.39. The Balaban J connectivity index is 2.09. The monoisotopic (exact) mass is 348 g/mol. The van der Waals surface area contributed by atoms with Crippen molar-refractivity contribution < 1.29 is 13.2 Å². The second-order valence-electron chi connectivity index (χ2n) is 4.98. The molecule has 3 rings (SSSR count). The third-order valence-electron chi connectivity index (χ3n) is 3.52. The number of rotatable bonds is 5. The topological polar surface area (TPSA) is 124 Å². The van der Waals surface area contributed by atoms with Crippen molar-refractivity contribution in [2.75, 3.05) is 17.3 Å². The average Bonchev–Trinajstić information content (AvgIpc) is 2.96. The average molecular weight is 348 g/mol. The van der Waals surface area contributed by atoms with Gasteiger partial charge in [-0.2, -0.15) is 5.10 Å². The highest BCUT2D eigenvalue weighted by Crippen LogP contribution is 2.34. The van der Waals surface area contributed by atoms with Crippen molar-refractivity contribution in [3.63, 3.8) is 0 Å². The maximum absolute atomic E-state index is 12.7. The van der Waals surface area contributed by atoms with Crippen LogP contribution in [0.4, 0.5) is 11.5 Å². The predicted molar refractivity (Wildman–Crippen MR) is 90.1 cm³/mol. The zero-order valence-corrected chi connectivity index (χ0v) is 13.8. The highest BCUT2D eigenvalue weighted by molar-refractivity contribution is 7.92. The molecule has 1 aromatic carbocycles. The van der Waals surface area contributed by atoms with E-state index in [1.165, 1.54) is 25.4 Å². The standard InChI is InChI=1S/C14H16N6O3S/c1-20-14-9(7-17-20)3-5-11(23-2)13(14)19-24(21,22)10-4-6-12(18-15)16-8-10/h3-8,19H,15H2,1-2H3,(H,16,18). The first kappa shape index (κ1) is 16.0. The van der Waals surface area contributed by atoms with Gasteiger partial charge in [0.25, 0.3) is 10.0 Å². The highest BCUT2D eigenvalue weighted by atomic mass is 32.2. The van der Waals surface area contributed by atoms with Crippen molar-refractivity contribution in [3.8, 4) is 5.75 Å². The summed E-state index contributed by atoms with van der Waals surface area (Å²) in [5.41, 5.74) is 3.28. The molecule has 0 saturated heterocycles. The lowest BCUT2D eigenvalue weighted by Gasteiger charge is -2.14. The fraction of sp³-hybridized carbons (Fsp3) is 0.143. The van der Waals surface area contributed by atoms with Gasteiger partial charge in [-0.3, -0.25) is 9.40 Å². The number of sulfonamides is 1. The van der Waals surface area contributed by atoms with Gasteiger partial charge in [-0.05, 0) is 24.3 Å². The summed E-state index contributed by atoms with van der Waals surface area (Å²) in [5.74, 6) is 5.99. The van der Waals surface area contributed by atoms with Gasteiger partial charge >= 0.3 is 0 Å². The lowest BCUT2D eigenvalue weighted by Crippen LogP contribution is -2.15. The summed E-state index contributed by atoms with van der Waals surface area (Å²) in [6.07, 6.45) is 2.86. The van der Waals surface area contributed by atoms with E-state index in [1.807, 2.05) is 6.07 Å². The Morgan fingerprint density at radius 2 is 2.00 bits per heavy atom. The molecular weight excluding hydrogens is 332 g/mol. The number of aryl methyl sites for hydroxylation is 1. The Morgan fingerprint density at radius 1 is 1.21 bits per heavy atom. The normalized spacial score (nSPS) is 11.5. The molecular formula is C14H16N6O3S. The molecule has 126 valence electrons. The van der Waals surface area contributed by atoms with Crippen LogP contribution in [0.1, 0.15) is 0 Å². The number of nitrogens with two attached hydrogens (primary N) is 1. The van der Waals surface area contributed by atoms with E-state index in [2.05, 4.69) is 20.2 Å². The number of fused-ring (bicyclic) bond motifs is 1. The second kappa shape index (κ2) is 5.98. The van der Waals surface area contributed by atoms with Crippen molar-refractivity contribution in [1.82, 2.24) is 14.8 Å². The van der Waals surface area contributed by atoms with Crippen molar-refractivity contribution in [1.29, 1.82) is 0 Å². The third kappa shape index (κ3) is 2.72. The van der Waals surface area contributed by atoms with Crippen molar-refractivity contribution in [2.45, 2.75) is 4.90 Å². The van der Waals surface area contributed by atoms with Gasteiger partial charge in [0.15, 0.2) is 0 Å². The first-order valence-electron chi connectivity index (χ1n) is 6.90. The van der Waals surface area contributed by atoms with E-state index in [0.29, 0.717) is 22.8 Å². The molecule has 0 spiro atoms. The van der Waals surface area contributed by atoms with E-state index >= 15 is 0 Å². The number of aromatic nitrogens is 3. The molecule has 0 bridgehead atoms. The Labute approximate surface area is 138 Å². The van der Waals surface area contributed by atoms with Gasteiger partial charge < -0.3 is 10.2 Å². The third-order valence-corrected chi connectivity index (χ3v) is 4.85. The summed E-state index contributed by atoms with van der Waals surface area (Å²) in [5, 5.41) is 4.94. The first-order chi connectivity index (χ1) is 11.5. The van der Waals surface area contributed by atoms with Gasteiger partial charge in [0.2, 0.25) is 0 Å². The van der Waals surface area contributed by atoms with E-state index in [1.54, 1.807) is 24.0 Å². The van der Waals surface area contributed by atoms with E-state index in [4.69, 9.17) is 10.6 Å². The zero-order valence-electron chi connectivity index (χ0n) is 13.0. The van der Waals surface area contributed by atoms with E-state index < -0.39 is 10.0 Å². The summed E-state index contributed by atoms with van der Waals surface area (Å²) in [6.45, 7) is 0. The van der Waals surface area contributed by atoms with Gasteiger partial charge in [0, 0.05) is 18.6 Å². The molecule has 4 N–H and O–H groups in total. The molecule has 24 heavy (non-hydrogen) atoms. The molecule has 0 aliphatic heterocycles. The van der Waals surface area contributed by atoms with Crippen LogP contribution in [-0.4, -0.2) is 30.3 Å². The summed E-state index contributed by atoms with van der Waals surface area (Å²) < 4.78 is 34.7. The van der Waals surface area contributed by atoms with Gasteiger partial charge in [-0.1, -0.05) is 0 Å². The van der Waals surface area contributed by atoms with Crippen LogP contribution in [0.25, 0.3) is 10.9 Å². The van der Waals surface area contributed by atoms with Crippen LogP contribution in [0.5, 0.6) is 5.75 Å². The number of anilines is 2. The van der Waals surface area contributed by atoms with Crippen molar-refractivity contribution >= 4 is 32.4 Å². The maximum atomic E-state index is 12.7. The number of hydrogen-bond acceptors (Lipinski definition) is 7. The molecule has 0 unspecified atom stereocenters. The summed E-state index contributed by atoms with van der Waals surface area (Å²) >= 11 is 0. The molecule has 0 fully saturated rings. The summed E-state index contributed by atoms with van der Waals surface area (Å²) in [7, 11) is -0.663. The van der Waals surface area contributed by atoms with Gasteiger partial charge in [0.05, 0.1) is 18.8 Å². The van der Waals surface area contributed by atoms with Crippen LogP contribution >= 0.6 is 0 Å². The molecule has 3 aromatic rings. The minimum Gasteiger partial charge on any atom is -0.494 e. The van der Waals surface area contributed by atoms with Crippen LogP contribution in [0, 0.1) is 0 Å². The number of benzene rings is 1. The Bertz CT molecular complexity index is 982. The molecule has 2 heterocycles. The minimum atomic E-state index is -3.86. The molecule has 0 radical (unpaired) electrons. The van der Waals surface area contributed by atoms with Gasteiger partial charge in [0.1, 0.15) is 22.2 Å². The number of nitrogens with zero attached hydrogens (tertiary/aromatic N) is 3. The summed E-state index contributed by atoms with van der Waals surface area (Å²) in [6, 6.07) is 6.36. The molecule has 9 nitrogen and oxygen atoms in total. The quantitative estimate of drug-likeness (QED) is 0.465. The number of nitrogens with one attached hydrogen (secondary N) is 2. The zero-order chi connectivity index (χ0) is 17.3. The number of pyridine rings is 1. The molecule has 0 atom stereocenters. The Morgan fingerprint density at radius 3 is 2.62 bits per heavy atom. The van der Waals surface area contributed by atoms with Crippen LogP contribution in [0.3, 0.4) is 0 Å². The van der Waals surface area contributed by atoms with E-state index in [9.17, 15) is 8.42 Å².